The molecule has 0 radical (unpaired) electrons. The van der Waals surface area contributed by atoms with Gasteiger partial charge in [-0.3, -0.25) is 0 Å². The summed E-state index contributed by atoms with van der Waals surface area (Å²) in [6.45, 7) is 3.48. The second-order valence-electron chi connectivity index (χ2n) is 3.97. The minimum absolute atomic E-state index is 0.217. The summed E-state index contributed by atoms with van der Waals surface area (Å²) < 4.78 is 10.9. The molecule has 0 aromatic heterocycles. The number of fused-ring (bicyclic) bond motifs is 1. The molecular formula is C12H16O3. The molecular weight excluding hydrogens is 192 g/mol. The SMILES string of the molecule is C[C@H](CO)Cc1ccc2c(c1)OCCO2. The molecule has 0 spiro atoms. The average molecular weight is 208 g/mol. The predicted octanol–water partition coefficient (Wildman–Crippen LogP) is 1.63. The summed E-state index contributed by atoms with van der Waals surface area (Å²) in [5, 5.41) is 8.98. The number of aliphatic hydroxyl groups is 1. The normalized spacial score (nSPS) is 16.1. The highest BCUT2D eigenvalue weighted by atomic mass is 16.6. The average Bonchev–Trinajstić information content (AvgIpc) is 2.29. The molecule has 1 N–H and O–H groups in total. The fraction of sp³-hybridized carbons (Fsp3) is 0.500. The van der Waals surface area contributed by atoms with Crippen LogP contribution in [0.5, 0.6) is 11.5 Å². The number of rotatable bonds is 3. The van der Waals surface area contributed by atoms with E-state index in [2.05, 4.69) is 0 Å². The summed E-state index contributed by atoms with van der Waals surface area (Å²) >= 11 is 0. The highest BCUT2D eigenvalue weighted by Crippen LogP contribution is 2.31. The molecule has 0 saturated carbocycles. The minimum Gasteiger partial charge on any atom is -0.486 e. The van der Waals surface area contributed by atoms with E-state index in [9.17, 15) is 0 Å². The molecule has 0 bridgehead atoms. The van der Waals surface area contributed by atoms with Gasteiger partial charge in [0.05, 0.1) is 0 Å². The van der Waals surface area contributed by atoms with Gasteiger partial charge in [-0.25, -0.2) is 0 Å². The van der Waals surface area contributed by atoms with Crippen molar-refractivity contribution in [2.75, 3.05) is 19.8 Å². The van der Waals surface area contributed by atoms with Crippen LogP contribution in [0.1, 0.15) is 12.5 Å². The Bertz CT molecular complexity index is 336. The third kappa shape index (κ3) is 2.42. The van der Waals surface area contributed by atoms with Crippen LogP contribution in [0.15, 0.2) is 18.2 Å². The van der Waals surface area contributed by atoms with Gasteiger partial charge < -0.3 is 14.6 Å². The van der Waals surface area contributed by atoms with E-state index in [1.807, 2.05) is 25.1 Å². The van der Waals surface area contributed by atoms with E-state index >= 15 is 0 Å². The summed E-state index contributed by atoms with van der Waals surface area (Å²) in [6, 6.07) is 5.97. The fourth-order valence-electron chi connectivity index (χ4n) is 1.68. The summed E-state index contributed by atoms with van der Waals surface area (Å²) in [6.07, 6.45) is 0.868. The second kappa shape index (κ2) is 4.53. The molecule has 15 heavy (non-hydrogen) atoms. The zero-order chi connectivity index (χ0) is 10.7. The molecule has 82 valence electrons. The number of aliphatic hydroxyl groups excluding tert-OH is 1. The molecule has 0 fully saturated rings. The van der Waals surface area contributed by atoms with Crippen LogP contribution in [0.3, 0.4) is 0 Å². The zero-order valence-electron chi connectivity index (χ0n) is 8.90. The molecule has 1 aliphatic heterocycles. The van der Waals surface area contributed by atoms with Crippen LogP contribution < -0.4 is 9.47 Å². The summed E-state index contributed by atoms with van der Waals surface area (Å²) in [5.74, 6) is 1.93. The first kappa shape index (κ1) is 10.3. The first-order valence-corrected chi connectivity index (χ1v) is 5.29. The van der Waals surface area contributed by atoms with E-state index in [1.165, 1.54) is 5.56 Å². The van der Waals surface area contributed by atoms with Crippen LogP contribution in [0.4, 0.5) is 0 Å². The summed E-state index contributed by atoms with van der Waals surface area (Å²) in [7, 11) is 0. The van der Waals surface area contributed by atoms with Crippen LogP contribution in [0.2, 0.25) is 0 Å². The predicted molar refractivity (Wildman–Crippen MR) is 57.4 cm³/mol. The lowest BCUT2D eigenvalue weighted by Crippen LogP contribution is -2.15. The Kier molecular flexibility index (Phi) is 3.11. The fourth-order valence-corrected chi connectivity index (χ4v) is 1.68. The Labute approximate surface area is 89.6 Å². The van der Waals surface area contributed by atoms with Crippen molar-refractivity contribution < 1.29 is 14.6 Å². The third-order valence-electron chi connectivity index (χ3n) is 2.50. The van der Waals surface area contributed by atoms with Crippen molar-refractivity contribution >= 4 is 0 Å². The standard InChI is InChI=1S/C12H16O3/c1-9(8-13)6-10-2-3-11-12(7-10)15-5-4-14-11/h2-3,7,9,13H,4-6,8H2,1H3/t9-/m0/s1. The Balaban J connectivity index is 2.13. The number of ether oxygens (including phenoxy) is 2. The number of benzene rings is 1. The van der Waals surface area contributed by atoms with E-state index in [0.717, 1.165) is 17.9 Å². The Hall–Kier alpha value is -1.22. The lowest BCUT2D eigenvalue weighted by molar-refractivity contribution is 0.171. The van der Waals surface area contributed by atoms with Crippen molar-refractivity contribution in [2.24, 2.45) is 5.92 Å². The van der Waals surface area contributed by atoms with E-state index in [4.69, 9.17) is 14.6 Å². The van der Waals surface area contributed by atoms with Gasteiger partial charge in [-0.2, -0.15) is 0 Å². The van der Waals surface area contributed by atoms with Gasteiger partial charge in [0, 0.05) is 6.61 Å². The molecule has 0 unspecified atom stereocenters. The van der Waals surface area contributed by atoms with Crippen molar-refractivity contribution in [1.29, 1.82) is 0 Å². The maximum absolute atomic E-state index is 8.98. The van der Waals surface area contributed by atoms with Crippen molar-refractivity contribution in [1.82, 2.24) is 0 Å². The lowest BCUT2D eigenvalue weighted by atomic mass is 10.0. The number of hydrogen-bond donors (Lipinski definition) is 1. The highest BCUT2D eigenvalue weighted by Gasteiger charge is 2.12. The summed E-state index contributed by atoms with van der Waals surface area (Å²) in [5.41, 5.74) is 1.18. The van der Waals surface area contributed by atoms with Gasteiger partial charge in [0.2, 0.25) is 0 Å². The molecule has 0 aliphatic carbocycles. The topological polar surface area (TPSA) is 38.7 Å². The van der Waals surface area contributed by atoms with Crippen LogP contribution in [-0.2, 0) is 6.42 Å². The summed E-state index contributed by atoms with van der Waals surface area (Å²) in [4.78, 5) is 0. The molecule has 3 heteroatoms. The first-order chi connectivity index (χ1) is 7.29. The Morgan fingerprint density at radius 2 is 2.00 bits per heavy atom. The van der Waals surface area contributed by atoms with Gasteiger partial charge in [-0.1, -0.05) is 13.0 Å². The van der Waals surface area contributed by atoms with Crippen LogP contribution in [0, 0.1) is 5.92 Å². The lowest BCUT2D eigenvalue weighted by Gasteiger charge is -2.19. The molecule has 1 aromatic carbocycles. The van der Waals surface area contributed by atoms with Crippen molar-refractivity contribution in [3.8, 4) is 11.5 Å². The van der Waals surface area contributed by atoms with E-state index in [1.54, 1.807) is 0 Å². The van der Waals surface area contributed by atoms with Gasteiger partial charge in [0.25, 0.3) is 0 Å². The van der Waals surface area contributed by atoms with Crippen molar-refractivity contribution in [3.63, 3.8) is 0 Å². The van der Waals surface area contributed by atoms with Gasteiger partial charge in [0.15, 0.2) is 11.5 Å². The zero-order valence-corrected chi connectivity index (χ0v) is 8.90. The molecule has 1 heterocycles. The number of hydrogen-bond acceptors (Lipinski definition) is 3. The van der Waals surface area contributed by atoms with Crippen molar-refractivity contribution in [2.45, 2.75) is 13.3 Å². The molecule has 1 aromatic rings. The van der Waals surface area contributed by atoms with Crippen LogP contribution >= 0.6 is 0 Å². The highest BCUT2D eigenvalue weighted by molar-refractivity contribution is 5.43. The smallest absolute Gasteiger partial charge is 0.161 e. The monoisotopic (exact) mass is 208 g/mol. The Morgan fingerprint density at radius 3 is 2.73 bits per heavy atom. The molecule has 3 nitrogen and oxygen atoms in total. The van der Waals surface area contributed by atoms with Crippen LogP contribution in [-0.4, -0.2) is 24.9 Å². The molecule has 0 amide bonds. The maximum atomic E-state index is 8.98. The second-order valence-corrected chi connectivity index (χ2v) is 3.97. The van der Waals surface area contributed by atoms with E-state index < -0.39 is 0 Å². The Morgan fingerprint density at radius 1 is 1.27 bits per heavy atom. The maximum Gasteiger partial charge on any atom is 0.161 e. The molecule has 1 aliphatic rings. The van der Waals surface area contributed by atoms with Gasteiger partial charge in [0.1, 0.15) is 13.2 Å². The van der Waals surface area contributed by atoms with Gasteiger partial charge >= 0.3 is 0 Å². The third-order valence-corrected chi connectivity index (χ3v) is 2.50. The van der Waals surface area contributed by atoms with Crippen LogP contribution in [0.25, 0.3) is 0 Å². The quantitative estimate of drug-likeness (QED) is 0.820. The van der Waals surface area contributed by atoms with E-state index in [-0.39, 0.29) is 12.5 Å². The van der Waals surface area contributed by atoms with Gasteiger partial charge in [-0.15, -0.1) is 0 Å². The molecule has 0 saturated heterocycles. The van der Waals surface area contributed by atoms with E-state index in [0.29, 0.717) is 13.2 Å². The first-order valence-electron chi connectivity index (χ1n) is 5.29. The van der Waals surface area contributed by atoms with Gasteiger partial charge in [-0.05, 0) is 30.0 Å². The largest absolute Gasteiger partial charge is 0.486 e. The minimum atomic E-state index is 0.217. The van der Waals surface area contributed by atoms with Crippen molar-refractivity contribution in [3.05, 3.63) is 23.8 Å². The molecule has 2 rings (SSSR count). The molecule has 1 atom stereocenters.